The van der Waals surface area contributed by atoms with E-state index in [0.29, 0.717) is 6.08 Å². The van der Waals surface area contributed by atoms with Gasteiger partial charge in [-0.2, -0.15) is 16.8 Å². The van der Waals surface area contributed by atoms with Gasteiger partial charge in [0.1, 0.15) is 5.25 Å². The topological polar surface area (TPSA) is 129 Å². The third-order valence-electron chi connectivity index (χ3n) is 1.03. The summed E-state index contributed by atoms with van der Waals surface area (Å²) in [6.45, 7) is -0.981. The lowest BCUT2D eigenvalue weighted by Gasteiger charge is -2.03. The number of aliphatic hydroxyl groups excluding tert-OH is 1. The Kier molecular flexibility index (Phi) is 4.00. The Labute approximate surface area is 75.2 Å². The molecule has 3 N–H and O–H groups in total. The van der Waals surface area contributed by atoms with Gasteiger partial charge in [0, 0.05) is 0 Å². The molecular formula is C4H8O7S2. The van der Waals surface area contributed by atoms with E-state index < -0.39 is 32.1 Å². The third kappa shape index (κ3) is 5.71. The van der Waals surface area contributed by atoms with Crippen molar-refractivity contribution in [3.8, 4) is 0 Å². The van der Waals surface area contributed by atoms with Crippen molar-refractivity contribution in [2.45, 2.75) is 5.25 Å². The first-order valence-electron chi connectivity index (χ1n) is 2.89. The summed E-state index contributed by atoms with van der Waals surface area (Å²) < 4.78 is 57.4. The van der Waals surface area contributed by atoms with Crippen molar-refractivity contribution < 1.29 is 31.0 Å². The maximum atomic E-state index is 10.3. The van der Waals surface area contributed by atoms with Crippen LogP contribution in [0.3, 0.4) is 0 Å². The smallest absolute Gasteiger partial charge is 0.287 e. The molecular weight excluding hydrogens is 224 g/mol. The largest absolute Gasteiger partial charge is 0.395 e. The summed E-state index contributed by atoms with van der Waals surface area (Å²) in [5, 5.41) is 6.80. The van der Waals surface area contributed by atoms with E-state index >= 15 is 0 Å². The first kappa shape index (κ1) is 12.5. The Morgan fingerprint density at radius 3 is 1.85 bits per heavy atom. The van der Waals surface area contributed by atoms with Crippen LogP contribution in [0, 0.1) is 0 Å². The first-order valence-corrected chi connectivity index (χ1v) is 5.90. The molecule has 1 atom stereocenters. The molecule has 0 radical (unpaired) electrons. The van der Waals surface area contributed by atoms with Crippen LogP contribution in [0.1, 0.15) is 0 Å². The van der Waals surface area contributed by atoms with Gasteiger partial charge in [-0.1, -0.05) is 0 Å². The predicted molar refractivity (Wildman–Crippen MR) is 43.1 cm³/mol. The summed E-state index contributed by atoms with van der Waals surface area (Å²) in [5.41, 5.74) is 0. The van der Waals surface area contributed by atoms with Gasteiger partial charge in [0.25, 0.3) is 20.2 Å². The molecule has 0 aliphatic heterocycles. The van der Waals surface area contributed by atoms with E-state index in [1.165, 1.54) is 0 Å². The predicted octanol–water partition coefficient (Wildman–Crippen LogP) is -1.36. The van der Waals surface area contributed by atoms with Gasteiger partial charge in [-0.25, -0.2) is 0 Å². The third-order valence-corrected chi connectivity index (χ3v) is 2.60. The van der Waals surface area contributed by atoms with Gasteiger partial charge in [0.15, 0.2) is 0 Å². The minimum absolute atomic E-state index is 0.168. The molecule has 0 rings (SSSR count). The monoisotopic (exact) mass is 232 g/mol. The van der Waals surface area contributed by atoms with Gasteiger partial charge < -0.3 is 5.11 Å². The van der Waals surface area contributed by atoms with E-state index in [-0.39, 0.29) is 5.41 Å². The van der Waals surface area contributed by atoms with Gasteiger partial charge in [-0.15, -0.1) is 0 Å². The summed E-state index contributed by atoms with van der Waals surface area (Å²) in [6.07, 6.45) is 0.463. The zero-order valence-electron chi connectivity index (χ0n) is 6.23. The highest BCUT2D eigenvalue weighted by atomic mass is 32.2. The maximum absolute atomic E-state index is 10.3. The molecule has 9 heteroatoms. The Bertz CT molecular complexity index is 375. The van der Waals surface area contributed by atoms with Crippen molar-refractivity contribution in [2.75, 3.05) is 6.61 Å². The van der Waals surface area contributed by atoms with Crippen LogP contribution in [-0.4, -0.2) is 42.9 Å². The zero-order valence-corrected chi connectivity index (χ0v) is 7.86. The second-order valence-corrected chi connectivity index (χ2v) is 5.02. The van der Waals surface area contributed by atoms with Crippen LogP contribution in [0.2, 0.25) is 0 Å². The molecule has 78 valence electrons. The van der Waals surface area contributed by atoms with Crippen LogP contribution in [0.5, 0.6) is 0 Å². The Morgan fingerprint density at radius 2 is 1.62 bits per heavy atom. The summed E-state index contributed by atoms with van der Waals surface area (Å²) in [6, 6.07) is 0. The number of aliphatic hydroxyl groups is 1. The van der Waals surface area contributed by atoms with Gasteiger partial charge in [0.05, 0.1) is 12.0 Å². The van der Waals surface area contributed by atoms with Crippen molar-refractivity contribution in [3.05, 3.63) is 11.5 Å². The van der Waals surface area contributed by atoms with Gasteiger partial charge >= 0.3 is 0 Å². The van der Waals surface area contributed by atoms with Crippen LogP contribution < -0.4 is 0 Å². The Hall–Kier alpha value is -0.480. The SMILES string of the molecule is O=S(=O)(O)C=CC(CO)S(=O)(=O)O. The highest BCUT2D eigenvalue weighted by Gasteiger charge is 2.19. The molecule has 0 aliphatic rings. The second-order valence-electron chi connectivity index (χ2n) is 2.08. The quantitative estimate of drug-likeness (QED) is 0.510. The van der Waals surface area contributed by atoms with Gasteiger partial charge in [0.2, 0.25) is 0 Å². The van der Waals surface area contributed by atoms with Crippen molar-refractivity contribution in [1.82, 2.24) is 0 Å². The lowest BCUT2D eigenvalue weighted by Crippen LogP contribution is -2.22. The van der Waals surface area contributed by atoms with Crippen LogP contribution in [0.15, 0.2) is 11.5 Å². The van der Waals surface area contributed by atoms with E-state index in [1.54, 1.807) is 0 Å². The summed E-state index contributed by atoms with van der Waals surface area (Å²) in [4.78, 5) is 0. The van der Waals surface area contributed by atoms with E-state index in [0.717, 1.165) is 0 Å². The van der Waals surface area contributed by atoms with E-state index in [1.807, 2.05) is 0 Å². The van der Waals surface area contributed by atoms with Crippen LogP contribution in [0.4, 0.5) is 0 Å². The summed E-state index contributed by atoms with van der Waals surface area (Å²) in [5.74, 6) is 0. The molecule has 1 unspecified atom stereocenters. The standard InChI is InChI=1S/C4H8O7S2/c5-3-4(13(9,10)11)1-2-12(6,7)8/h1-2,4-5H,3H2,(H,6,7,8)(H,9,10,11). The lowest BCUT2D eigenvalue weighted by molar-refractivity contribution is 0.297. The molecule has 0 fully saturated rings. The highest BCUT2D eigenvalue weighted by molar-refractivity contribution is 7.89. The maximum Gasteiger partial charge on any atom is 0.287 e. The lowest BCUT2D eigenvalue weighted by atomic mass is 10.4. The molecule has 0 aromatic heterocycles. The van der Waals surface area contributed by atoms with Crippen molar-refractivity contribution in [3.63, 3.8) is 0 Å². The Morgan fingerprint density at radius 1 is 1.15 bits per heavy atom. The number of rotatable bonds is 4. The molecule has 0 bridgehead atoms. The normalized spacial score (nSPS) is 16.2. The minimum atomic E-state index is -4.55. The average molecular weight is 232 g/mol. The zero-order chi connectivity index (χ0) is 10.7. The second kappa shape index (κ2) is 4.15. The fourth-order valence-corrected chi connectivity index (χ4v) is 1.39. The first-order chi connectivity index (χ1) is 5.67. The summed E-state index contributed by atoms with van der Waals surface area (Å²) >= 11 is 0. The molecule has 13 heavy (non-hydrogen) atoms. The van der Waals surface area contributed by atoms with Crippen molar-refractivity contribution >= 4 is 20.2 Å². The molecule has 0 aromatic rings. The molecule has 0 saturated heterocycles. The molecule has 7 nitrogen and oxygen atoms in total. The molecule has 0 heterocycles. The van der Waals surface area contributed by atoms with E-state index in [9.17, 15) is 16.8 Å². The molecule has 0 aromatic carbocycles. The van der Waals surface area contributed by atoms with E-state index in [2.05, 4.69) is 0 Å². The minimum Gasteiger partial charge on any atom is -0.395 e. The van der Waals surface area contributed by atoms with Crippen molar-refractivity contribution in [1.29, 1.82) is 0 Å². The van der Waals surface area contributed by atoms with Crippen LogP contribution in [-0.2, 0) is 20.2 Å². The molecule has 0 amide bonds. The van der Waals surface area contributed by atoms with E-state index in [4.69, 9.17) is 14.2 Å². The van der Waals surface area contributed by atoms with Crippen LogP contribution in [0.25, 0.3) is 0 Å². The average Bonchev–Trinajstić information content (AvgIpc) is 1.82. The van der Waals surface area contributed by atoms with Gasteiger partial charge in [-0.3, -0.25) is 9.11 Å². The summed E-state index contributed by atoms with van der Waals surface area (Å²) in [7, 11) is -9.01. The highest BCUT2D eigenvalue weighted by Crippen LogP contribution is 2.00. The fraction of sp³-hybridized carbons (Fsp3) is 0.500. The van der Waals surface area contributed by atoms with Crippen LogP contribution >= 0.6 is 0 Å². The fourth-order valence-electron chi connectivity index (χ4n) is 0.441. The number of hydrogen-bond donors (Lipinski definition) is 3. The molecule has 0 saturated carbocycles. The Balaban J connectivity index is 4.79. The van der Waals surface area contributed by atoms with Gasteiger partial charge in [-0.05, 0) is 6.08 Å². The molecule has 0 spiro atoms. The number of hydrogen-bond acceptors (Lipinski definition) is 5. The van der Waals surface area contributed by atoms with Crippen molar-refractivity contribution in [2.24, 2.45) is 0 Å². The molecule has 0 aliphatic carbocycles.